The van der Waals surface area contributed by atoms with E-state index < -0.39 is 0 Å². The van der Waals surface area contributed by atoms with E-state index >= 15 is 0 Å². The smallest absolute Gasteiger partial charge is 0.142 e. The van der Waals surface area contributed by atoms with E-state index in [1.54, 1.807) is 6.08 Å². The molecule has 0 aliphatic heterocycles. The number of nitrogens with two attached hydrogens (primary N) is 1. The summed E-state index contributed by atoms with van der Waals surface area (Å²) >= 11 is 0. The van der Waals surface area contributed by atoms with Gasteiger partial charge in [-0.1, -0.05) is 37.8 Å². The van der Waals surface area contributed by atoms with E-state index in [-0.39, 0.29) is 0 Å². The summed E-state index contributed by atoms with van der Waals surface area (Å²) in [6.07, 6.45) is 8.52. The number of nitrogens with zero attached hydrogens (tertiary/aromatic N) is 1. The Bertz CT molecular complexity index is 249. The van der Waals surface area contributed by atoms with Crippen LogP contribution in [0.4, 0.5) is 0 Å². The molecule has 0 aromatic heterocycles. The van der Waals surface area contributed by atoms with Crippen LogP contribution in [0.2, 0.25) is 0 Å². The van der Waals surface area contributed by atoms with Crippen LogP contribution in [0.3, 0.4) is 0 Å². The Balaban J connectivity index is 4.69. The fourth-order valence-corrected chi connectivity index (χ4v) is 0.887. The van der Waals surface area contributed by atoms with Crippen LogP contribution in [-0.4, -0.2) is 12.4 Å². The van der Waals surface area contributed by atoms with Gasteiger partial charge in [-0.3, -0.25) is 4.99 Å². The van der Waals surface area contributed by atoms with Crippen molar-refractivity contribution in [2.75, 3.05) is 6.54 Å². The molecule has 0 fully saturated rings. The standard InChI is InChI=1S/C11H19N3/c1-4-7-8-10(6-3)11(14-12)13-9-5-2/h4,6-8H,3,5,9,12H2,1-2H3,(H,13,14)/b7-4-,10-8+. The molecule has 3 nitrogen and oxygen atoms in total. The predicted octanol–water partition coefficient (Wildman–Crippen LogP) is 1.95. The number of hydrogen-bond acceptors (Lipinski definition) is 2. The Morgan fingerprint density at radius 2 is 2.29 bits per heavy atom. The largest absolute Gasteiger partial charge is 0.308 e. The molecule has 14 heavy (non-hydrogen) atoms. The highest BCUT2D eigenvalue weighted by atomic mass is 15.2. The molecule has 3 heteroatoms. The van der Waals surface area contributed by atoms with E-state index in [0.717, 1.165) is 18.5 Å². The van der Waals surface area contributed by atoms with Gasteiger partial charge in [-0.25, -0.2) is 5.84 Å². The first kappa shape index (κ1) is 12.7. The van der Waals surface area contributed by atoms with Crippen molar-refractivity contribution in [1.29, 1.82) is 0 Å². The van der Waals surface area contributed by atoms with Gasteiger partial charge in [-0.05, 0) is 13.3 Å². The number of allylic oxidation sites excluding steroid dienone is 3. The summed E-state index contributed by atoms with van der Waals surface area (Å²) < 4.78 is 0. The average Bonchev–Trinajstić information content (AvgIpc) is 2.23. The molecule has 0 saturated carbocycles. The van der Waals surface area contributed by atoms with Gasteiger partial charge in [-0.15, -0.1) is 0 Å². The molecule has 78 valence electrons. The Hall–Kier alpha value is -1.35. The maximum atomic E-state index is 5.37. The lowest BCUT2D eigenvalue weighted by Crippen LogP contribution is -2.31. The molecule has 0 unspecified atom stereocenters. The molecule has 0 rings (SSSR count). The monoisotopic (exact) mass is 193 g/mol. The maximum absolute atomic E-state index is 5.37. The van der Waals surface area contributed by atoms with Crippen LogP contribution < -0.4 is 11.3 Å². The molecular formula is C11H19N3. The summed E-state index contributed by atoms with van der Waals surface area (Å²) in [5, 5.41) is 0. The summed E-state index contributed by atoms with van der Waals surface area (Å²) in [4.78, 5) is 4.29. The third-order valence-corrected chi connectivity index (χ3v) is 1.59. The quantitative estimate of drug-likeness (QED) is 0.230. The molecule has 0 aliphatic carbocycles. The summed E-state index contributed by atoms with van der Waals surface area (Å²) in [5.74, 6) is 6.05. The average molecular weight is 193 g/mol. The molecule has 0 saturated heterocycles. The Kier molecular flexibility index (Phi) is 7.46. The lowest BCUT2D eigenvalue weighted by molar-refractivity contribution is 0.907. The molecule has 0 spiro atoms. The van der Waals surface area contributed by atoms with Crippen LogP contribution in [-0.2, 0) is 0 Å². The van der Waals surface area contributed by atoms with Crippen LogP contribution in [0, 0.1) is 0 Å². The zero-order chi connectivity index (χ0) is 10.8. The molecule has 0 aromatic rings. The van der Waals surface area contributed by atoms with E-state index in [1.165, 1.54) is 0 Å². The zero-order valence-corrected chi connectivity index (χ0v) is 8.96. The van der Waals surface area contributed by atoms with Gasteiger partial charge in [0.2, 0.25) is 0 Å². The van der Waals surface area contributed by atoms with E-state index in [4.69, 9.17) is 5.84 Å². The maximum Gasteiger partial charge on any atom is 0.142 e. The Morgan fingerprint density at radius 1 is 1.57 bits per heavy atom. The van der Waals surface area contributed by atoms with Crippen molar-refractivity contribution >= 4 is 5.84 Å². The van der Waals surface area contributed by atoms with Gasteiger partial charge in [0.25, 0.3) is 0 Å². The predicted molar refractivity (Wildman–Crippen MR) is 63.0 cm³/mol. The molecule has 0 heterocycles. The van der Waals surface area contributed by atoms with Gasteiger partial charge in [0.15, 0.2) is 0 Å². The third-order valence-electron chi connectivity index (χ3n) is 1.59. The zero-order valence-electron chi connectivity index (χ0n) is 8.96. The summed E-state index contributed by atoms with van der Waals surface area (Å²) in [6, 6.07) is 0. The normalized spacial score (nSPS) is 13.4. The molecule has 0 aromatic carbocycles. The molecule has 0 aliphatic rings. The number of rotatable bonds is 5. The second-order valence-corrected chi connectivity index (χ2v) is 2.73. The lowest BCUT2D eigenvalue weighted by Gasteiger charge is -2.05. The van der Waals surface area contributed by atoms with Crippen LogP contribution in [0.5, 0.6) is 0 Å². The molecule has 0 radical (unpaired) electrons. The molecule has 0 bridgehead atoms. The van der Waals surface area contributed by atoms with Crippen LogP contribution in [0.25, 0.3) is 0 Å². The van der Waals surface area contributed by atoms with Crippen LogP contribution in [0.15, 0.2) is 41.4 Å². The van der Waals surface area contributed by atoms with Crippen molar-refractivity contribution in [2.45, 2.75) is 20.3 Å². The second-order valence-electron chi connectivity index (χ2n) is 2.73. The molecule has 3 N–H and O–H groups in total. The van der Waals surface area contributed by atoms with Gasteiger partial charge >= 0.3 is 0 Å². The first-order valence-electron chi connectivity index (χ1n) is 4.77. The third kappa shape index (κ3) is 4.62. The van der Waals surface area contributed by atoms with Crippen molar-refractivity contribution in [1.82, 2.24) is 5.43 Å². The topological polar surface area (TPSA) is 50.4 Å². The minimum absolute atomic E-state index is 0.681. The van der Waals surface area contributed by atoms with Gasteiger partial charge < -0.3 is 5.43 Å². The van der Waals surface area contributed by atoms with Crippen molar-refractivity contribution in [3.05, 3.63) is 36.5 Å². The minimum Gasteiger partial charge on any atom is -0.308 e. The van der Waals surface area contributed by atoms with E-state index in [0.29, 0.717) is 5.84 Å². The van der Waals surface area contributed by atoms with Gasteiger partial charge in [0, 0.05) is 12.1 Å². The Labute approximate surface area is 86.1 Å². The SMILES string of the molecule is C=C/C(=C\C=C/C)C(=NCCC)NN. The Morgan fingerprint density at radius 3 is 2.71 bits per heavy atom. The van der Waals surface area contributed by atoms with Crippen molar-refractivity contribution in [3.63, 3.8) is 0 Å². The van der Waals surface area contributed by atoms with Gasteiger partial charge in [-0.2, -0.15) is 0 Å². The first-order valence-corrected chi connectivity index (χ1v) is 4.77. The van der Waals surface area contributed by atoms with Crippen molar-refractivity contribution in [3.8, 4) is 0 Å². The first-order chi connectivity index (χ1) is 6.79. The fraction of sp³-hybridized carbons (Fsp3) is 0.364. The molecule has 0 atom stereocenters. The van der Waals surface area contributed by atoms with Crippen molar-refractivity contribution < 1.29 is 0 Å². The highest BCUT2D eigenvalue weighted by Crippen LogP contribution is 1.98. The van der Waals surface area contributed by atoms with Crippen LogP contribution in [0.1, 0.15) is 20.3 Å². The number of aliphatic imine (C=N–C) groups is 1. The lowest BCUT2D eigenvalue weighted by atomic mass is 10.2. The molecule has 0 amide bonds. The van der Waals surface area contributed by atoms with Gasteiger partial charge in [0.05, 0.1) is 0 Å². The van der Waals surface area contributed by atoms with Crippen LogP contribution >= 0.6 is 0 Å². The summed E-state index contributed by atoms with van der Waals surface area (Å²) in [6.45, 7) is 8.50. The summed E-state index contributed by atoms with van der Waals surface area (Å²) in [5.41, 5.74) is 3.48. The fourth-order valence-electron chi connectivity index (χ4n) is 0.887. The number of nitrogens with one attached hydrogen (secondary N) is 1. The van der Waals surface area contributed by atoms with Gasteiger partial charge in [0.1, 0.15) is 5.84 Å². The highest BCUT2D eigenvalue weighted by molar-refractivity contribution is 6.00. The minimum atomic E-state index is 0.681. The molecular weight excluding hydrogens is 174 g/mol. The number of hydrogen-bond donors (Lipinski definition) is 2. The van der Waals surface area contributed by atoms with Crippen molar-refractivity contribution in [2.24, 2.45) is 10.8 Å². The highest BCUT2D eigenvalue weighted by Gasteiger charge is 1.98. The number of hydrazine groups is 1. The van der Waals surface area contributed by atoms with E-state index in [9.17, 15) is 0 Å². The second kappa shape index (κ2) is 8.26. The number of amidine groups is 1. The van der Waals surface area contributed by atoms with E-state index in [1.807, 2.05) is 25.2 Å². The van der Waals surface area contributed by atoms with E-state index in [2.05, 4.69) is 23.9 Å². The summed E-state index contributed by atoms with van der Waals surface area (Å²) in [7, 11) is 0.